The molecule has 17 heavy (non-hydrogen) atoms. The third-order valence-corrected chi connectivity index (χ3v) is 4.20. The monoisotopic (exact) mass is 249 g/mol. The molecule has 0 aliphatic heterocycles. The van der Waals surface area contributed by atoms with Crippen molar-refractivity contribution in [3.05, 3.63) is 22.3 Å². The lowest BCUT2D eigenvalue weighted by Gasteiger charge is -2.08. The second-order valence-corrected chi connectivity index (χ2v) is 6.07. The zero-order valence-corrected chi connectivity index (χ0v) is 11.9. The van der Waals surface area contributed by atoms with Gasteiger partial charge in [0.25, 0.3) is 0 Å². The number of aromatic nitrogens is 3. The maximum absolute atomic E-state index is 4.40. The van der Waals surface area contributed by atoms with E-state index in [2.05, 4.69) is 48.9 Å². The molecule has 0 fully saturated rings. The summed E-state index contributed by atoms with van der Waals surface area (Å²) in [7, 11) is 0. The van der Waals surface area contributed by atoms with Gasteiger partial charge in [0.2, 0.25) is 0 Å². The van der Waals surface area contributed by atoms with Crippen LogP contribution in [0.1, 0.15) is 55.8 Å². The summed E-state index contributed by atoms with van der Waals surface area (Å²) in [6.45, 7) is 10.9. The van der Waals surface area contributed by atoms with E-state index in [4.69, 9.17) is 0 Å². The molecule has 0 spiro atoms. The Morgan fingerprint density at radius 2 is 1.88 bits per heavy atom. The number of nitrogens with one attached hydrogen (secondary N) is 1. The van der Waals surface area contributed by atoms with E-state index in [0.717, 1.165) is 11.6 Å². The molecule has 0 aromatic carbocycles. The first-order valence-corrected chi connectivity index (χ1v) is 6.83. The fourth-order valence-corrected chi connectivity index (χ4v) is 3.14. The van der Waals surface area contributed by atoms with Gasteiger partial charge in [0.15, 0.2) is 5.82 Å². The first kappa shape index (κ1) is 12.3. The molecular weight excluding hydrogens is 230 g/mol. The fourth-order valence-electron chi connectivity index (χ4n) is 1.88. The van der Waals surface area contributed by atoms with Crippen LogP contribution in [0, 0.1) is 6.92 Å². The number of thiophene rings is 1. The minimum absolute atomic E-state index is 0.553. The quantitative estimate of drug-likeness (QED) is 0.890. The number of hydrogen-bond acceptors (Lipinski definition) is 3. The van der Waals surface area contributed by atoms with Gasteiger partial charge in [0.05, 0.1) is 4.88 Å². The highest BCUT2D eigenvalue weighted by atomic mass is 32.1. The van der Waals surface area contributed by atoms with Crippen LogP contribution in [0.4, 0.5) is 0 Å². The molecule has 92 valence electrons. The Bertz CT molecular complexity index is 483. The third kappa shape index (κ3) is 2.41. The number of rotatable bonds is 3. The maximum Gasteiger partial charge on any atom is 0.191 e. The molecule has 0 bridgehead atoms. The van der Waals surface area contributed by atoms with Crippen molar-refractivity contribution in [2.75, 3.05) is 0 Å². The van der Waals surface area contributed by atoms with Crippen LogP contribution in [0.5, 0.6) is 0 Å². The smallest absolute Gasteiger partial charge is 0.191 e. The Hall–Kier alpha value is -1.16. The Morgan fingerprint density at radius 3 is 2.29 bits per heavy atom. The Balaban J connectivity index is 2.47. The molecule has 3 nitrogen and oxygen atoms in total. The summed E-state index contributed by atoms with van der Waals surface area (Å²) in [5.74, 6) is 2.80. The average Bonchev–Trinajstić information content (AvgIpc) is 2.82. The van der Waals surface area contributed by atoms with E-state index in [0.29, 0.717) is 11.8 Å². The molecule has 0 saturated heterocycles. The van der Waals surface area contributed by atoms with Crippen molar-refractivity contribution in [2.24, 2.45) is 0 Å². The molecule has 0 unspecified atom stereocenters. The summed E-state index contributed by atoms with van der Waals surface area (Å²) in [5, 5.41) is 7.13. The summed E-state index contributed by atoms with van der Waals surface area (Å²) in [6, 6.07) is 2.24. The second kappa shape index (κ2) is 4.61. The van der Waals surface area contributed by atoms with Crippen LogP contribution in [-0.4, -0.2) is 15.2 Å². The van der Waals surface area contributed by atoms with Gasteiger partial charge < -0.3 is 0 Å². The largest absolute Gasteiger partial charge is 0.263 e. The summed E-state index contributed by atoms with van der Waals surface area (Å²) >= 11 is 1.82. The minimum Gasteiger partial charge on any atom is -0.263 e. The van der Waals surface area contributed by atoms with Crippen LogP contribution in [0.15, 0.2) is 6.07 Å². The van der Waals surface area contributed by atoms with Crippen molar-refractivity contribution in [1.29, 1.82) is 0 Å². The number of aromatic amines is 1. The van der Waals surface area contributed by atoms with Gasteiger partial charge >= 0.3 is 0 Å². The van der Waals surface area contributed by atoms with E-state index in [9.17, 15) is 0 Å². The van der Waals surface area contributed by atoms with Gasteiger partial charge in [0.1, 0.15) is 5.82 Å². The predicted molar refractivity (Wildman–Crippen MR) is 72.6 cm³/mol. The van der Waals surface area contributed by atoms with E-state index in [1.807, 2.05) is 18.3 Å². The van der Waals surface area contributed by atoms with Crippen molar-refractivity contribution in [2.45, 2.75) is 46.5 Å². The van der Waals surface area contributed by atoms with Crippen molar-refractivity contribution in [3.63, 3.8) is 0 Å². The van der Waals surface area contributed by atoms with E-state index >= 15 is 0 Å². The van der Waals surface area contributed by atoms with Crippen LogP contribution in [0.25, 0.3) is 10.7 Å². The lowest BCUT2D eigenvalue weighted by atomic mass is 9.99. The number of aryl methyl sites for hydroxylation is 1. The second-order valence-electron chi connectivity index (χ2n) is 4.98. The molecule has 4 heteroatoms. The molecule has 2 rings (SSSR count). The Kier molecular flexibility index (Phi) is 3.33. The summed E-state index contributed by atoms with van der Waals surface area (Å²) in [6.07, 6.45) is 0. The van der Waals surface area contributed by atoms with E-state index in [-0.39, 0.29) is 0 Å². The van der Waals surface area contributed by atoms with Crippen LogP contribution in [0.3, 0.4) is 0 Å². The van der Waals surface area contributed by atoms with E-state index in [1.54, 1.807) is 0 Å². The van der Waals surface area contributed by atoms with Gasteiger partial charge in [-0.3, -0.25) is 5.10 Å². The minimum atomic E-state index is 0.553. The van der Waals surface area contributed by atoms with Gasteiger partial charge in [0, 0.05) is 4.88 Å². The van der Waals surface area contributed by atoms with Crippen molar-refractivity contribution in [1.82, 2.24) is 15.2 Å². The first-order valence-electron chi connectivity index (χ1n) is 6.02. The zero-order chi connectivity index (χ0) is 12.6. The number of nitrogens with zero attached hydrogens (tertiary/aromatic N) is 2. The van der Waals surface area contributed by atoms with E-state index in [1.165, 1.54) is 15.3 Å². The number of H-pyrrole nitrogens is 1. The van der Waals surface area contributed by atoms with Gasteiger partial charge in [-0.25, -0.2) is 4.98 Å². The van der Waals surface area contributed by atoms with Crippen LogP contribution < -0.4 is 0 Å². The molecule has 0 saturated carbocycles. The lowest BCUT2D eigenvalue weighted by Crippen LogP contribution is -1.91. The molecule has 2 heterocycles. The van der Waals surface area contributed by atoms with Crippen LogP contribution in [0.2, 0.25) is 0 Å². The van der Waals surface area contributed by atoms with Crippen molar-refractivity contribution in [3.8, 4) is 10.7 Å². The fraction of sp³-hybridized carbons (Fsp3) is 0.538. The Labute approximate surface area is 106 Å². The third-order valence-electron chi connectivity index (χ3n) is 2.76. The SMILES string of the molecule is Cc1nc(-c2cc(C(C)C)c(C(C)C)s2)n[nH]1. The topological polar surface area (TPSA) is 41.6 Å². The molecule has 0 amide bonds. The molecule has 0 aliphatic carbocycles. The molecule has 1 N–H and O–H groups in total. The molecule has 2 aromatic heterocycles. The highest BCUT2D eigenvalue weighted by molar-refractivity contribution is 7.15. The van der Waals surface area contributed by atoms with Gasteiger partial charge in [-0.15, -0.1) is 11.3 Å². The van der Waals surface area contributed by atoms with Gasteiger partial charge in [-0.05, 0) is 30.4 Å². The molecule has 2 aromatic rings. The molecule has 0 radical (unpaired) electrons. The van der Waals surface area contributed by atoms with Crippen LogP contribution in [-0.2, 0) is 0 Å². The summed E-state index contributed by atoms with van der Waals surface area (Å²) < 4.78 is 0. The molecule has 0 atom stereocenters. The predicted octanol–water partition coefficient (Wildman–Crippen LogP) is 4.09. The van der Waals surface area contributed by atoms with E-state index < -0.39 is 0 Å². The molecular formula is C13H19N3S. The van der Waals surface area contributed by atoms with Crippen molar-refractivity contribution >= 4 is 11.3 Å². The van der Waals surface area contributed by atoms with Gasteiger partial charge in [-0.1, -0.05) is 27.7 Å². The standard InChI is InChI=1S/C13H19N3S/c1-7(2)10-6-11(17-12(10)8(3)4)13-14-9(5)15-16-13/h6-8H,1-5H3,(H,14,15,16). The maximum atomic E-state index is 4.40. The first-order chi connectivity index (χ1) is 7.99. The normalized spacial score (nSPS) is 11.7. The lowest BCUT2D eigenvalue weighted by molar-refractivity contribution is 0.810. The number of hydrogen-bond donors (Lipinski definition) is 1. The highest BCUT2D eigenvalue weighted by Crippen LogP contribution is 2.37. The summed E-state index contributed by atoms with van der Waals surface area (Å²) in [4.78, 5) is 7.02. The van der Waals surface area contributed by atoms with Crippen molar-refractivity contribution < 1.29 is 0 Å². The summed E-state index contributed by atoms with van der Waals surface area (Å²) in [5.41, 5.74) is 1.43. The van der Waals surface area contributed by atoms with Crippen LogP contribution >= 0.6 is 11.3 Å². The average molecular weight is 249 g/mol. The zero-order valence-electron chi connectivity index (χ0n) is 11.0. The van der Waals surface area contributed by atoms with Gasteiger partial charge in [-0.2, -0.15) is 5.10 Å². The highest BCUT2D eigenvalue weighted by Gasteiger charge is 2.17. The molecule has 0 aliphatic rings. The Morgan fingerprint density at radius 1 is 1.18 bits per heavy atom.